The van der Waals surface area contributed by atoms with Gasteiger partial charge in [-0.25, -0.2) is 0 Å². The SMILES string of the molecule is COc1ccc(CNc2cc(-c3ccn(Cc4ccccc4)c3)ccc2N)cc1. The van der Waals surface area contributed by atoms with Crippen LogP contribution in [-0.2, 0) is 13.1 Å². The van der Waals surface area contributed by atoms with Crippen LogP contribution in [0, 0.1) is 0 Å². The molecular formula is C25H25N3O. The molecule has 3 N–H and O–H groups in total. The van der Waals surface area contributed by atoms with Crippen molar-refractivity contribution >= 4 is 11.4 Å². The lowest BCUT2D eigenvalue weighted by Crippen LogP contribution is -2.02. The summed E-state index contributed by atoms with van der Waals surface area (Å²) in [5, 5.41) is 3.45. The fourth-order valence-corrected chi connectivity index (χ4v) is 3.33. The van der Waals surface area contributed by atoms with Crippen molar-refractivity contribution in [1.82, 2.24) is 4.57 Å². The van der Waals surface area contributed by atoms with Crippen LogP contribution < -0.4 is 15.8 Å². The molecule has 0 amide bonds. The van der Waals surface area contributed by atoms with Gasteiger partial charge in [-0.15, -0.1) is 0 Å². The second-order valence-corrected chi connectivity index (χ2v) is 7.06. The first-order valence-corrected chi connectivity index (χ1v) is 9.68. The molecule has 0 fully saturated rings. The Labute approximate surface area is 171 Å². The van der Waals surface area contributed by atoms with Crippen molar-refractivity contribution < 1.29 is 4.74 Å². The average molecular weight is 383 g/mol. The van der Waals surface area contributed by atoms with Gasteiger partial charge >= 0.3 is 0 Å². The first kappa shape index (κ1) is 18.7. The molecule has 0 aliphatic carbocycles. The monoisotopic (exact) mass is 383 g/mol. The van der Waals surface area contributed by atoms with Crippen molar-refractivity contribution in [3.05, 3.63) is 102 Å². The molecule has 4 rings (SSSR count). The molecule has 0 atom stereocenters. The van der Waals surface area contributed by atoms with Crippen molar-refractivity contribution in [2.24, 2.45) is 0 Å². The zero-order valence-electron chi connectivity index (χ0n) is 16.5. The number of nitrogens with two attached hydrogens (primary N) is 1. The number of nitrogens with zero attached hydrogens (tertiary/aromatic N) is 1. The number of hydrogen-bond donors (Lipinski definition) is 2. The van der Waals surface area contributed by atoms with Crippen LogP contribution in [0.5, 0.6) is 5.75 Å². The van der Waals surface area contributed by atoms with Crippen LogP contribution in [0.3, 0.4) is 0 Å². The third-order valence-corrected chi connectivity index (χ3v) is 4.99. The highest BCUT2D eigenvalue weighted by Crippen LogP contribution is 2.28. The lowest BCUT2D eigenvalue weighted by atomic mass is 10.1. The van der Waals surface area contributed by atoms with Crippen LogP contribution in [0.2, 0.25) is 0 Å². The van der Waals surface area contributed by atoms with Gasteiger partial charge in [-0.2, -0.15) is 0 Å². The van der Waals surface area contributed by atoms with Crippen LogP contribution >= 0.6 is 0 Å². The summed E-state index contributed by atoms with van der Waals surface area (Å²) < 4.78 is 7.41. The number of nitrogen functional groups attached to an aromatic ring is 1. The van der Waals surface area contributed by atoms with Crippen molar-refractivity contribution in [3.8, 4) is 16.9 Å². The largest absolute Gasteiger partial charge is 0.497 e. The van der Waals surface area contributed by atoms with E-state index in [2.05, 4.69) is 76.9 Å². The molecule has 4 heteroatoms. The molecule has 4 aromatic rings. The van der Waals surface area contributed by atoms with E-state index in [1.807, 2.05) is 24.3 Å². The quantitative estimate of drug-likeness (QED) is 0.420. The van der Waals surface area contributed by atoms with Crippen LogP contribution in [0.25, 0.3) is 11.1 Å². The maximum Gasteiger partial charge on any atom is 0.118 e. The Morgan fingerprint density at radius 2 is 1.66 bits per heavy atom. The maximum absolute atomic E-state index is 6.20. The number of anilines is 2. The molecular weight excluding hydrogens is 358 g/mol. The van der Waals surface area contributed by atoms with Gasteiger partial charge in [-0.1, -0.05) is 48.5 Å². The Morgan fingerprint density at radius 1 is 0.862 bits per heavy atom. The Kier molecular flexibility index (Phi) is 5.52. The van der Waals surface area contributed by atoms with E-state index in [4.69, 9.17) is 10.5 Å². The van der Waals surface area contributed by atoms with E-state index in [1.165, 1.54) is 16.7 Å². The predicted molar refractivity (Wildman–Crippen MR) is 120 cm³/mol. The Balaban J connectivity index is 1.47. The number of ether oxygens (including phenoxy) is 1. The number of methoxy groups -OCH3 is 1. The normalized spacial score (nSPS) is 10.7. The first-order valence-electron chi connectivity index (χ1n) is 9.68. The number of rotatable bonds is 7. The third-order valence-electron chi connectivity index (χ3n) is 4.99. The minimum atomic E-state index is 0.701. The summed E-state index contributed by atoms with van der Waals surface area (Å²) in [5.74, 6) is 0.857. The first-order chi connectivity index (χ1) is 14.2. The summed E-state index contributed by atoms with van der Waals surface area (Å²) in [4.78, 5) is 0. The maximum atomic E-state index is 6.20. The number of hydrogen-bond acceptors (Lipinski definition) is 3. The molecule has 1 heterocycles. The van der Waals surface area contributed by atoms with Crippen molar-refractivity contribution in [3.63, 3.8) is 0 Å². The van der Waals surface area contributed by atoms with Crippen molar-refractivity contribution in [2.75, 3.05) is 18.2 Å². The van der Waals surface area contributed by atoms with Crippen LogP contribution in [0.1, 0.15) is 11.1 Å². The molecule has 1 aromatic heterocycles. The molecule has 0 spiro atoms. The predicted octanol–water partition coefficient (Wildman–Crippen LogP) is 5.41. The highest BCUT2D eigenvalue weighted by Gasteiger charge is 2.06. The van der Waals surface area contributed by atoms with Crippen LogP contribution in [0.15, 0.2) is 91.3 Å². The highest BCUT2D eigenvalue weighted by atomic mass is 16.5. The van der Waals surface area contributed by atoms with Gasteiger partial charge in [-0.05, 0) is 52.6 Å². The van der Waals surface area contributed by atoms with Gasteiger partial charge in [0.15, 0.2) is 0 Å². The smallest absolute Gasteiger partial charge is 0.118 e. The third kappa shape index (κ3) is 4.61. The van der Waals surface area contributed by atoms with Gasteiger partial charge in [-0.3, -0.25) is 0 Å². The fourth-order valence-electron chi connectivity index (χ4n) is 3.33. The Morgan fingerprint density at radius 3 is 2.41 bits per heavy atom. The van der Waals surface area contributed by atoms with E-state index in [1.54, 1.807) is 7.11 Å². The number of aromatic nitrogens is 1. The molecule has 0 saturated carbocycles. The lowest BCUT2D eigenvalue weighted by molar-refractivity contribution is 0.414. The topological polar surface area (TPSA) is 52.2 Å². The zero-order chi connectivity index (χ0) is 20.1. The molecule has 0 aliphatic heterocycles. The summed E-state index contributed by atoms with van der Waals surface area (Å²) in [6, 6.07) is 26.8. The Bertz CT molecular complexity index is 1070. The van der Waals surface area contributed by atoms with E-state index in [-0.39, 0.29) is 0 Å². The highest BCUT2D eigenvalue weighted by molar-refractivity contribution is 5.76. The molecule has 0 unspecified atom stereocenters. The molecule has 0 radical (unpaired) electrons. The molecule has 0 saturated heterocycles. The summed E-state index contributed by atoms with van der Waals surface area (Å²) in [7, 11) is 1.67. The number of benzene rings is 3. The van der Waals surface area contributed by atoms with E-state index in [0.29, 0.717) is 6.54 Å². The van der Waals surface area contributed by atoms with Crippen molar-refractivity contribution in [1.29, 1.82) is 0 Å². The molecule has 4 nitrogen and oxygen atoms in total. The lowest BCUT2D eigenvalue weighted by Gasteiger charge is -2.12. The van der Waals surface area contributed by atoms with E-state index < -0.39 is 0 Å². The number of nitrogens with one attached hydrogen (secondary N) is 1. The molecule has 146 valence electrons. The van der Waals surface area contributed by atoms with Gasteiger partial charge in [0, 0.05) is 25.5 Å². The summed E-state index contributed by atoms with van der Waals surface area (Å²) in [5.41, 5.74) is 12.7. The molecule has 0 aliphatic rings. The fraction of sp³-hybridized carbons (Fsp3) is 0.120. The van der Waals surface area contributed by atoms with E-state index >= 15 is 0 Å². The van der Waals surface area contributed by atoms with Crippen LogP contribution in [-0.4, -0.2) is 11.7 Å². The molecule has 29 heavy (non-hydrogen) atoms. The summed E-state index contributed by atoms with van der Waals surface area (Å²) in [6.45, 7) is 1.56. The van der Waals surface area contributed by atoms with Gasteiger partial charge in [0.1, 0.15) is 5.75 Å². The summed E-state index contributed by atoms with van der Waals surface area (Å²) >= 11 is 0. The minimum absolute atomic E-state index is 0.701. The van der Waals surface area contributed by atoms with Gasteiger partial charge in [0.05, 0.1) is 18.5 Å². The minimum Gasteiger partial charge on any atom is -0.497 e. The van der Waals surface area contributed by atoms with Gasteiger partial charge < -0.3 is 20.4 Å². The molecule has 0 bridgehead atoms. The van der Waals surface area contributed by atoms with Crippen LogP contribution in [0.4, 0.5) is 11.4 Å². The zero-order valence-corrected chi connectivity index (χ0v) is 16.5. The molecule has 3 aromatic carbocycles. The second kappa shape index (κ2) is 8.57. The van der Waals surface area contributed by atoms with Gasteiger partial charge in [0.2, 0.25) is 0 Å². The van der Waals surface area contributed by atoms with Crippen molar-refractivity contribution in [2.45, 2.75) is 13.1 Å². The summed E-state index contributed by atoms with van der Waals surface area (Å²) in [6.07, 6.45) is 4.29. The van der Waals surface area contributed by atoms with E-state index in [0.717, 1.165) is 29.2 Å². The van der Waals surface area contributed by atoms with E-state index in [9.17, 15) is 0 Å². The Hall–Kier alpha value is -3.66. The standard InChI is InChI=1S/C25H25N3O/c1-29-23-10-7-19(8-11-23)16-27-25-15-21(9-12-24(25)26)22-13-14-28(18-22)17-20-5-3-2-4-6-20/h2-15,18,27H,16-17,26H2,1H3. The average Bonchev–Trinajstić information content (AvgIpc) is 3.22. The second-order valence-electron chi connectivity index (χ2n) is 7.06. The van der Waals surface area contributed by atoms with Gasteiger partial charge in [0.25, 0.3) is 0 Å².